The number of hydrogen-bond donors (Lipinski definition) is 0. The van der Waals surface area contributed by atoms with E-state index in [0.717, 1.165) is 5.56 Å². The molecule has 0 fully saturated rings. The molecule has 2 aromatic rings. The molecule has 0 N–H and O–H groups in total. The molecule has 0 bridgehead atoms. The maximum absolute atomic E-state index is 12.8. The molecule has 1 aromatic heterocycles. The van der Waals surface area contributed by atoms with Crippen LogP contribution in [-0.4, -0.2) is 42.6 Å². The van der Waals surface area contributed by atoms with Crippen LogP contribution in [0.1, 0.15) is 5.56 Å². The second-order valence-electron chi connectivity index (χ2n) is 4.56. The summed E-state index contributed by atoms with van der Waals surface area (Å²) in [7, 11) is -3.64. The Hall–Kier alpha value is -0.880. The van der Waals surface area contributed by atoms with Crippen LogP contribution >= 0.6 is 23.2 Å². The fourth-order valence-electron chi connectivity index (χ4n) is 2.19. The molecule has 0 atom stereocenters. The third-order valence-corrected chi connectivity index (χ3v) is 5.51. The third-order valence-electron chi connectivity index (χ3n) is 3.22. The van der Waals surface area contributed by atoms with Crippen molar-refractivity contribution in [2.75, 3.05) is 24.8 Å². The molecule has 0 radical (unpaired) electrons. The third kappa shape index (κ3) is 3.31. The Labute approximate surface area is 134 Å². The van der Waals surface area contributed by atoms with Crippen molar-refractivity contribution < 1.29 is 8.42 Å². The second-order valence-corrected chi connectivity index (χ2v) is 7.22. The Morgan fingerprint density at radius 1 is 1.14 bits per heavy atom. The van der Waals surface area contributed by atoms with Gasteiger partial charge in [0.25, 0.3) is 0 Å². The van der Waals surface area contributed by atoms with Crippen molar-refractivity contribution in [3.63, 3.8) is 0 Å². The second kappa shape index (κ2) is 6.92. The number of hydrogen-bond acceptors (Lipinski definition) is 3. The minimum Gasteiger partial charge on any atom is -0.256 e. The summed E-state index contributed by atoms with van der Waals surface area (Å²) in [6, 6.07) is 6.88. The van der Waals surface area contributed by atoms with E-state index in [1.807, 2.05) is 6.92 Å². The number of sulfonamides is 1. The molecule has 0 unspecified atom stereocenters. The molecular weight excluding hydrogens is 331 g/mol. The van der Waals surface area contributed by atoms with Gasteiger partial charge in [-0.05, 0) is 30.7 Å². The zero-order chi connectivity index (χ0) is 15.5. The largest absolute Gasteiger partial charge is 0.256 e. The van der Waals surface area contributed by atoms with E-state index in [4.69, 9.17) is 23.2 Å². The van der Waals surface area contributed by atoms with E-state index in [0.29, 0.717) is 10.9 Å². The van der Waals surface area contributed by atoms with Gasteiger partial charge in [0.15, 0.2) is 0 Å². The predicted molar refractivity (Wildman–Crippen MR) is 86.7 cm³/mol. The first-order valence-electron chi connectivity index (χ1n) is 6.48. The highest BCUT2D eigenvalue weighted by Crippen LogP contribution is 2.26. The van der Waals surface area contributed by atoms with Crippen molar-refractivity contribution in [2.45, 2.75) is 11.8 Å². The molecular formula is C14H16Cl2N2O2S. The van der Waals surface area contributed by atoms with Crippen LogP contribution < -0.4 is 0 Å². The molecule has 0 aliphatic heterocycles. The summed E-state index contributed by atoms with van der Waals surface area (Å²) < 4.78 is 26.9. The lowest BCUT2D eigenvalue weighted by molar-refractivity contribution is 0.449. The lowest BCUT2D eigenvalue weighted by Crippen LogP contribution is -2.34. The molecule has 21 heavy (non-hydrogen) atoms. The molecule has 0 aliphatic rings. The van der Waals surface area contributed by atoms with Gasteiger partial charge in [-0.15, -0.1) is 23.2 Å². The number of aryl methyl sites for hydroxylation is 1. The molecule has 4 nitrogen and oxygen atoms in total. The number of fused-ring (bicyclic) bond motifs is 1. The van der Waals surface area contributed by atoms with Crippen LogP contribution in [0.25, 0.3) is 10.9 Å². The van der Waals surface area contributed by atoms with Crippen LogP contribution in [0.15, 0.2) is 35.4 Å². The van der Waals surface area contributed by atoms with Crippen molar-refractivity contribution in [1.29, 1.82) is 0 Å². The summed E-state index contributed by atoms with van der Waals surface area (Å²) in [6.07, 6.45) is 1.65. The van der Waals surface area contributed by atoms with Gasteiger partial charge in [0.1, 0.15) is 0 Å². The molecule has 1 aromatic carbocycles. The summed E-state index contributed by atoms with van der Waals surface area (Å²) >= 11 is 11.4. The minimum atomic E-state index is -3.64. The topological polar surface area (TPSA) is 50.3 Å². The lowest BCUT2D eigenvalue weighted by Gasteiger charge is -2.21. The molecule has 0 amide bonds. The van der Waals surface area contributed by atoms with Gasteiger partial charge in [-0.1, -0.05) is 6.07 Å². The Kier molecular flexibility index (Phi) is 5.43. The quantitative estimate of drug-likeness (QED) is 0.755. The Bertz CT molecular complexity index is 729. The number of halogens is 2. The van der Waals surface area contributed by atoms with Crippen molar-refractivity contribution in [1.82, 2.24) is 9.29 Å². The molecule has 0 spiro atoms. The highest BCUT2D eigenvalue weighted by Gasteiger charge is 2.25. The van der Waals surface area contributed by atoms with E-state index in [1.54, 1.807) is 30.5 Å². The van der Waals surface area contributed by atoms with Crippen LogP contribution in [0.5, 0.6) is 0 Å². The van der Waals surface area contributed by atoms with E-state index in [-0.39, 0.29) is 29.7 Å². The van der Waals surface area contributed by atoms with Crippen LogP contribution in [0, 0.1) is 6.92 Å². The van der Waals surface area contributed by atoms with Gasteiger partial charge in [0.05, 0.1) is 10.4 Å². The number of aromatic nitrogens is 1. The summed E-state index contributed by atoms with van der Waals surface area (Å²) in [6.45, 7) is 2.36. The van der Waals surface area contributed by atoms with Crippen molar-refractivity contribution >= 4 is 44.1 Å². The smallest absolute Gasteiger partial charge is 0.243 e. The maximum Gasteiger partial charge on any atom is 0.243 e. The van der Waals surface area contributed by atoms with E-state index < -0.39 is 10.0 Å². The van der Waals surface area contributed by atoms with Gasteiger partial charge in [0, 0.05) is 36.4 Å². The average molecular weight is 347 g/mol. The van der Waals surface area contributed by atoms with Crippen molar-refractivity contribution in [2.24, 2.45) is 0 Å². The number of pyridine rings is 1. The van der Waals surface area contributed by atoms with Crippen LogP contribution in [0.4, 0.5) is 0 Å². The number of alkyl halides is 2. The van der Waals surface area contributed by atoms with Crippen LogP contribution in [0.2, 0.25) is 0 Å². The van der Waals surface area contributed by atoms with Crippen molar-refractivity contribution in [3.8, 4) is 0 Å². The van der Waals surface area contributed by atoms with Gasteiger partial charge in [-0.3, -0.25) is 4.98 Å². The molecule has 2 rings (SSSR count). The number of rotatable bonds is 6. The van der Waals surface area contributed by atoms with E-state index in [2.05, 4.69) is 4.98 Å². The fraction of sp³-hybridized carbons (Fsp3) is 0.357. The summed E-state index contributed by atoms with van der Waals surface area (Å²) in [5.74, 6) is 0.441. The standard InChI is InChI=1S/C14H16Cl2N2O2S/c1-11-4-5-13(12-3-2-8-17-14(11)12)21(19,20)18(9-6-15)10-7-16/h2-5,8H,6-7,9-10H2,1H3. The maximum atomic E-state index is 12.8. The van der Waals surface area contributed by atoms with Crippen molar-refractivity contribution in [3.05, 3.63) is 36.0 Å². The lowest BCUT2D eigenvalue weighted by atomic mass is 10.1. The SMILES string of the molecule is Cc1ccc(S(=O)(=O)N(CCCl)CCCl)c2cccnc12. The first kappa shape index (κ1) is 16.5. The zero-order valence-electron chi connectivity index (χ0n) is 11.6. The van der Waals surface area contributed by atoms with Gasteiger partial charge in [-0.25, -0.2) is 8.42 Å². The van der Waals surface area contributed by atoms with Gasteiger partial charge in [-0.2, -0.15) is 4.31 Å². The van der Waals surface area contributed by atoms with Crippen LogP contribution in [0.3, 0.4) is 0 Å². The van der Waals surface area contributed by atoms with E-state index in [1.165, 1.54) is 4.31 Å². The highest BCUT2D eigenvalue weighted by atomic mass is 35.5. The summed E-state index contributed by atoms with van der Waals surface area (Å²) in [5, 5.41) is 0.617. The van der Waals surface area contributed by atoms with Crippen LogP contribution in [-0.2, 0) is 10.0 Å². The Morgan fingerprint density at radius 2 is 1.81 bits per heavy atom. The fourth-order valence-corrected chi connectivity index (χ4v) is 4.43. The summed E-state index contributed by atoms with van der Waals surface area (Å²) in [4.78, 5) is 4.51. The first-order chi connectivity index (χ1) is 10.0. The first-order valence-corrected chi connectivity index (χ1v) is 8.99. The monoisotopic (exact) mass is 346 g/mol. The molecule has 0 aliphatic carbocycles. The van der Waals surface area contributed by atoms with E-state index in [9.17, 15) is 8.42 Å². The predicted octanol–water partition coefficient (Wildman–Crippen LogP) is 3.01. The Morgan fingerprint density at radius 3 is 2.43 bits per heavy atom. The normalized spacial score (nSPS) is 12.2. The Balaban J connectivity index is 2.62. The van der Waals surface area contributed by atoms with Gasteiger partial charge >= 0.3 is 0 Å². The zero-order valence-corrected chi connectivity index (χ0v) is 13.9. The number of benzene rings is 1. The minimum absolute atomic E-state index is 0.220. The van der Waals surface area contributed by atoms with Gasteiger partial charge < -0.3 is 0 Å². The average Bonchev–Trinajstić information content (AvgIpc) is 2.47. The highest BCUT2D eigenvalue weighted by molar-refractivity contribution is 7.89. The molecule has 114 valence electrons. The van der Waals surface area contributed by atoms with Gasteiger partial charge in [0.2, 0.25) is 10.0 Å². The molecule has 7 heteroatoms. The molecule has 0 saturated carbocycles. The molecule has 1 heterocycles. The molecule has 0 saturated heterocycles. The number of nitrogens with zero attached hydrogens (tertiary/aromatic N) is 2. The summed E-state index contributed by atoms with van der Waals surface area (Å²) in [5.41, 5.74) is 1.63. The van der Waals surface area contributed by atoms with E-state index >= 15 is 0 Å².